The van der Waals surface area contributed by atoms with Crippen LogP contribution in [0.4, 0.5) is 0 Å². The minimum atomic E-state index is -0.0214. The Labute approximate surface area is 113 Å². The molecule has 0 bridgehead atoms. The van der Waals surface area contributed by atoms with Crippen LogP contribution in [0.2, 0.25) is 0 Å². The topological polar surface area (TPSA) is 59.2 Å². The summed E-state index contributed by atoms with van der Waals surface area (Å²) in [7, 11) is 0. The summed E-state index contributed by atoms with van der Waals surface area (Å²) in [6.07, 6.45) is 2.22. The van der Waals surface area contributed by atoms with Crippen LogP contribution in [0.1, 0.15) is 36.3 Å². The number of amides is 1. The van der Waals surface area contributed by atoms with Crippen molar-refractivity contribution in [3.63, 3.8) is 0 Å². The molecule has 98 valence electrons. The van der Waals surface area contributed by atoms with Crippen molar-refractivity contribution in [1.29, 1.82) is 0 Å². The molecule has 0 fully saturated rings. The molecular weight excluding hydrogens is 246 g/mol. The van der Waals surface area contributed by atoms with Gasteiger partial charge in [-0.25, -0.2) is 0 Å². The van der Waals surface area contributed by atoms with E-state index in [4.69, 9.17) is 18.0 Å². The molecule has 5 heteroatoms. The van der Waals surface area contributed by atoms with Crippen LogP contribution in [0, 0.1) is 6.92 Å². The normalized spacial score (nSPS) is 10.4. The standard InChI is InChI=1S/C13H19N3OS/c1-9(2)16(8-6-12(14)18)13(17)11-5-4-7-15-10(11)3/h4-5,7,9H,6,8H2,1-3H3,(H2,14,18). The van der Waals surface area contributed by atoms with Crippen molar-refractivity contribution in [2.45, 2.75) is 33.2 Å². The van der Waals surface area contributed by atoms with Gasteiger partial charge in [0.1, 0.15) is 0 Å². The lowest BCUT2D eigenvalue weighted by molar-refractivity contribution is 0.0710. The van der Waals surface area contributed by atoms with E-state index in [2.05, 4.69) is 4.98 Å². The maximum Gasteiger partial charge on any atom is 0.255 e. The fraction of sp³-hybridized carbons (Fsp3) is 0.462. The molecule has 18 heavy (non-hydrogen) atoms. The number of hydrogen-bond acceptors (Lipinski definition) is 3. The van der Waals surface area contributed by atoms with Crippen LogP contribution in [-0.4, -0.2) is 33.4 Å². The second-order valence-electron chi connectivity index (χ2n) is 4.44. The average molecular weight is 265 g/mol. The van der Waals surface area contributed by atoms with Gasteiger partial charge >= 0.3 is 0 Å². The number of aryl methyl sites for hydroxylation is 1. The largest absolute Gasteiger partial charge is 0.393 e. The van der Waals surface area contributed by atoms with Crippen molar-refractivity contribution in [1.82, 2.24) is 9.88 Å². The number of aromatic nitrogens is 1. The van der Waals surface area contributed by atoms with Gasteiger partial charge in [-0.1, -0.05) is 12.2 Å². The lowest BCUT2D eigenvalue weighted by Gasteiger charge is -2.27. The van der Waals surface area contributed by atoms with E-state index in [0.29, 0.717) is 23.5 Å². The molecule has 0 atom stereocenters. The third-order valence-electron chi connectivity index (χ3n) is 2.72. The van der Waals surface area contributed by atoms with E-state index in [0.717, 1.165) is 5.69 Å². The van der Waals surface area contributed by atoms with Gasteiger partial charge < -0.3 is 10.6 Å². The monoisotopic (exact) mass is 265 g/mol. The van der Waals surface area contributed by atoms with Crippen molar-refractivity contribution in [3.8, 4) is 0 Å². The Bertz CT molecular complexity index is 446. The molecule has 0 aliphatic rings. The second-order valence-corrected chi connectivity index (χ2v) is 4.97. The first kappa shape index (κ1) is 14.6. The quantitative estimate of drug-likeness (QED) is 0.826. The molecule has 0 saturated carbocycles. The number of nitrogens with two attached hydrogens (primary N) is 1. The third kappa shape index (κ3) is 3.77. The summed E-state index contributed by atoms with van der Waals surface area (Å²) in [5.41, 5.74) is 6.86. The van der Waals surface area contributed by atoms with Gasteiger partial charge in [-0.15, -0.1) is 0 Å². The van der Waals surface area contributed by atoms with Crippen molar-refractivity contribution >= 4 is 23.1 Å². The van der Waals surface area contributed by atoms with E-state index in [9.17, 15) is 4.79 Å². The molecule has 0 radical (unpaired) electrons. The van der Waals surface area contributed by atoms with Gasteiger partial charge in [0, 0.05) is 30.9 Å². The number of nitrogens with zero attached hydrogens (tertiary/aromatic N) is 2. The Kier molecular flexibility index (Phi) is 5.22. The molecule has 0 aliphatic carbocycles. The van der Waals surface area contributed by atoms with Gasteiger partial charge in [0.25, 0.3) is 5.91 Å². The first-order valence-corrected chi connectivity index (χ1v) is 6.35. The molecule has 0 saturated heterocycles. The van der Waals surface area contributed by atoms with Crippen LogP contribution in [0.25, 0.3) is 0 Å². The Morgan fingerprint density at radius 1 is 1.56 bits per heavy atom. The molecule has 2 N–H and O–H groups in total. The molecule has 1 rings (SSSR count). The van der Waals surface area contributed by atoms with Gasteiger partial charge in [0.05, 0.1) is 10.6 Å². The summed E-state index contributed by atoms with van der Waals surface area (Å²) >= 11 is 4.86. The van der Waals surface area contributed by atoms with Gasteiger partial charge in [0.2, 0.25) is 0 Å². The van der Waals surface area contributed by atoms with Crippen LogP contribution in [0.5, 0.6) is 0 Å². The van der Waals surface area contributed by atoms with Crippen LogP contribution >= 0.6 is 12.2 Å². The fourth-order valence-electron chi connectivity index (χ4n) is 1.69. The maximum absolute atomic E-state index is 12.4. The number of pyridine rings is 1. The summed E-state index contributed by atoms with van der Waals surface area (Å²) in [5, 5.41) is 0. The van der Waals surface area contributed by atoms with Gasteiger partial charge in [-0.2, -0.15) is 0 Å². The maximum atomic E-state index is 12.4. The predicted octanol–water partition coefficient (Wildman–Crippen LogP) is 1.92. The van der Waals surface area contributed by atoms with Gasteiger partial charge in [-0.3, -0.25) is 9.78 Å². The molecule has 4 nitrogen and oxygen atoms in total. The van der Waals surface area contributed by atoms with Gasteiger partial charge in [0.15, 0.2) is 0 Å². The van der Waals surface area contributed by atoms with Crippen LogP contribution in [-0.2, 0) is 0 Å². The minimum Gasteiger partial charge on any atom is -0.393 e. The number of carbonyl (C=O) groups is 1. The number of carbonyl (C=O) groups excluding carboxylic acids is 1. The van der Waals surface area contributed by atoms with Crippen molar-refractivity contribution in [2.24, 2.45) is 5.73 Å². The van der Waals surface area contributed by atoms with E-state index in [1.807, 2.05) is 20.8 Å². The average Bonchev–Trinajstić information content (AvgIpc) is 2.28. The van der Waals surface area contributed by atoms with Crippen LogP contribution < -0.4 is 5.73 Å². The van der Waals surface area contributed by atoms with E-state index in [-0.39, 0.29) is 11.9 Å². The number of hydrogen-bond donors (Lipinski definition) is 1. The Balaban J connectivity index is 2.90. The minimum absolute atomic E-state index is 0.0214. The zero-order chi connectivity index (χ0) is 13.7. The smallest absolute Gasteiger partial charge is 0.255 e. The first-order valence-electron chi connectivity index (χ1n) is 5.94. The van der Waals surface area contributed by atoms with E-state index < -0.39 is 0 Å². The Morgan fingerprint density at radius 3 is 2.72 bits per heavy atom. The lowest BCUT2D eigenvalue weighted by Crippen LogP contribution is -2.39. The lowest BCUT2D eigenvalue weighted by atomic mass is 10.1. The van der Waals surface area contributed by atoms with Crippen molar-refractivity contribution in [3.05, 3.63) is 29.6 Å². The first-order chi connectivity index (χ1) is 8.43. The molecule has 0 spiro atoms. The highest BCUT2D eigenvalue weighted by molar-refractivity contribution is 7.80. The summed E-state index contributed by atoms with van der Waals surface area (Å²) in [6, 6.07) is 3.67. The van der Waals surface area contributed by atoms with Crippen LogP contribution in [0.15, 0.2) is 18.3 Å². The Morgan fingerprint density at radius 2 is 2.22 bits per heavy atom. The van der Waals surface area contributed by atoms with E-state index in [1.165, 1.54) is 0 Å². The predicted molar refractivity (Wildman–Crippen MR) is 76.5 cm³/mol. The van der Waals surface area contributed by atoms with Gasteiger partial charge in [-0.05, 0) is 32.9 Å². The summed E-state index contributed by atoms with van der Waals surface area (Å²) in [5.74, 6) is -0.0214. The van der Waals surface area contributed by atoms with Crippen molar-refractivity contribution < 1.29 is 4.79 Å². The highest BCUT2D eigenvalue weighted by Gasteiger charge is 2.20. The summed E-state index contributed by atoms with van der Waals surface area (Å²) in [6.45, 7) is 6.33. The fourth-order valence-corrected chi connectivity index (χ4v) is 1.78. The van der Waals surface area contributed by atoms with E-state index in [1.54, 1.807) is 23.2 Å². The molecule has 0 aliphatic heterocycles. The molecule has 1 amide bonds. The Hall–Kier alpha value is -1.49. The zero-order valence-corrected chi connectivity index (χ0v) is 11.8. The zero-order valence-electron chi connectivity index (χ0n) is 11.0. The summed E-state index contributed by atoms with van der Waals surface area (Å²) in [4.78, 5) is 18.8. The highest BCUT2D eigenvalue weighted by atomic mass is 32.1. The second kappa shape index (κ2) is 6.44. The number of rotatable bonds is 5. The number of thiocarbonyl (C=S) groups is 1. The highest BCUT2D eigenvalue weighted by Crippen LogP contribution is 2.11. The SMILES string of the molecule is Cc1ncccc1C(=O)N(CCC(N)=S)C(C)C. The third-order valence-corrected chi connectivity index (χ3v) is 2.92. The molecule has 0 unspecified atom stereocenters. The molecule has 1 aromatic rings. The molecule has 0 aromatic carbocycles. The van der Waals surface area contributed by atoms with Crippen molar-refractivity contribution in [2.75, 3.05) is 6.54 Å². The molecular formula is C13H19N3OS. The van der Waals surface area contributed by atoms with Crippen LogP contribution in [0.3, 0.4) is 0 Å². The molecule has 1 heterocycles. The molecule has 1 aromatic heterocycles. The van der Waals surface area contributed by atoms with E-state index >= 15 is 0 Å². The summed E-state index contributed by atoms with van der Waals surface area (Å²) < 4.78 is 0.